The molecule has 1 aliphatic rings. The molecule has 0 amide bonds. The van der Waals surface area contributed by atoms with Crippen LogP contribution in [0.4, 0.5) is 0 Å². The van der Waals surface area contributed by atoms with E-state index in [0.717, 1.165) is 24.1 Å². The van der Waals surface area contributed by atoms with Gasteiger partial charge in [-0.1, -0.05) is 18.6 Å². The average molecular weight is 257 g/mol. The van der Waals surface area contributed by atoms with E-state index in [4.69, 9.17) is 0 Å². The highest BCUT2D eigenvalue weighted by atomic mass is 16.1. The van der Waals surface area contributed by atoms with Crippen LogP contribution in [0.2, 0.25) is 0 Å². The summed E-state index contributed by atoms with van der Waals surface area (Å²) in [5, 5.41) is 0. The van der Waals surface area contributed by atoms with Crippen LogP contribution in [-0.4, -0.2) is 34.1 Å². The number of piperidine rings is 1. The van der Waals surface area contributed by atoms with E-state index in [2.05, 4.69) is 16.9 Å². The minimum atomic E-state index is -0.00215. The summed E-state index contributed by atoms with van der Waals surface area (Å²) < 4.78 is 1.87. The van der Waals surface area contributed by atoms with Gasteiger partial charge in [-0.3, -0.25) is 4.79 Å². The Labute approximate surface area is 112 Å². The van der Waals surface area contributed by atoms with Gasteiger partial charge in [0.1, 0.15) is 0 Å². The summed E-state index contributed by atoms with van der Waals surface area (Å²) >= 11 is 0. The van der Waals surface area contributed by atoms with Crippen LogP contribution in [0.3, 0.4) is 0 Å². The minimum Gasteiger partial charge on any atom is -0.304 e. The highest BCUT2D eigenvalue weighted by Gasteiger charge is 2.20. The van der Waals surface area contributed by atoms with Gasteiger partial charge in [0.05, 0.1) is 17.2 Å². The molecule has 0 spiro atoms. The second kappa shape index (κ2) is 5.13. The molecule has 4 nitrogen and oxygen atoms in total. The molecule has 0 aliphatic carbocycles. The van der Waals surface area contributed by atoms with E-state index in [0.29, 0.717) is 6.04 Å². The Morgan fingerprint density at radius 2 is 2.16 bits per heavy atom. The molecule has 4 heteroatoms. The first-order valence-electron chi connectivity index (χ1n) is 6.90. The van der Waals surface area contributed by atoms with E-state index < -0.39 is 0 Å². The van der Waals surface area contributed by atoms with Crippen LogP contribution in [0.5, 0.6) is 0 Å². The molecule has 0 radical (unpaired) electrons. The van der Waals surface area contributed by atoms with Crippen molar-refractivity contribution in [2.45, 2.75) is 31.8 Å². The van der Waals surface area contributed by atoms with Crippen molar-refractivity contribution in [3.8, 4) is 0 Å². The lowest BCUT2D eigenvalue weighted by molar-refractivity contribution is 0.167. The lowest BCUT2D eigenvalue weighted by Crippen LogP contribution is -2.41. The Bertz CT molecular complexity index is 635. The largest absolute Gasteiger partial charge is 0.304 e. The molecule has 100 valence electrons. The fourth-order valence-electron chi connectivity index (χ4n) is 2.89. The number of para-hydroxylation sites is 2. The molecule has 1 fully saturated rings. The summed E-state index contributed by atoms with van der Waals surface area (Å²) in [6, 6.07) is 8.31. The summed E-state index contributed by atoms with van der Waals surface area (Å²) in [6.07, 6.45) is 5.12. The quantitative estimate of drug-likeness (QED) is 0.824. The van der Waals surface area contributed by atoms with Crippen LogP contribution in [0.25, 0.3) is 11.0 Å². The molecule has 0 saturated carbocycles. The van der Waals surface area contributed by atoms with Gasteiger partial charge >= 0.3 is 0 Å². The number of fused-ring (bicyclic) bond motifs is 1. The maximum atomic E-state index is 12.1. The third-order valence-electron chi connectivity index (χ3n) is 4.07. The van der Waals surface area contributed by atoms with E-state index in [1.165, 1.54) is 25.5 Å². The Morgan fingerprint density at radius 1 is 1.32 bits per heavy atom. The topological polar surface area (TPSA) is 38.1 Å². The molecule has 3 rings (SSSR count). The van der Waals surface area contributed by atoms with E-state index in [1.54, 1.807) is 0 Å². The zero-order valence-corrected chi connectivity index (χ0v) is 11.2. The van der Waals surface area contributed by atoms with Gasteiger partial charge in [-0.2, -0.15) is 0 Å². The highest BCUT2D eigenvalue weighted by molar-refractivity contribution is 5.74. The molecule has 0 N–H and O–H groups in total. The molecule has 1 aliphatic heterocycles. The molecule has 0 unspecified atom stereocenters. The third-order valence-corrected chi connectivity index (χ3v) is 4.07. The van der Waals surface area contributed by atoms with Crippen molar-refractivity contribution in [1.82, 2.24) is 14.5 Å². The maximum Gasteiger partial charge on any atom is 0.269 e. The van der Waals surface area contributed by atoms with Crippen molar-refractivity contribution in [1.29, 1.82) is 0 Å². The Balaban J connectivity index is 1.99. The summed E-state index contributed by atoms with van der Waals surface area (Å²) in [5.74, 6) is 0. The predicted octanol–water partition coefficient (Wildman–Crippen LogP) is 1.88. The number of benzene rings is 1. The molecule has 1 saturated heterocycles. The molecule has 2 heterocycles. The van der Waals surface area contributed by atoms with Gasteiger partial charge in [-0.15, -0.1) is 0 Å². The van der Waals surface area contributed by atoms with Crippen molar-refractivity contribution in [3.63, 3.8) is 0 Å². The molecule has 1 atom stereocenters. The summed E-state index contributed by atoms with van der Waals surface area (Å²) in [4.78, 5) is 18.7. The number of aromatic nitrogens is 2. The smallest absolute Gasteiger partial charge is 0.269 e. The van der Waals surface area contributed by atoms with Crippen molar-refractivity contribution < 1.29 is 0 Å². The molecule has 1 aromatic heterocycles. The number of likely N-dealkylation sites (tertiary alicyclic amines) is 1. The standard InChI is InChI=1S/C15H19N3O/c1-17-9-5-4-6-12(17)11-18-14-8-3-2-7-13(14)16-10-15(18)19/h2-3,7-8,10,12H,4-6,9,11H2,1H3/t12-/m0/s1. The molecule has 19 heavy (non-hydrogen) atoms. The monoisotopic (exact) mass is 257 g/mol. The van der Waals surface area contributed by atoms with Gasteiger partial charge in [-0.25, -0.2) is 4.98 Å². The van der Waals surface area contributed by atoms with E-state index in [9.17, 15) is 4.79 Å². The molecule has 0 bridgehead atoms. The van der Waals surface area contributed by atoms with Gasteiger partial charge in [0.15, 0.2) is 0 Å². The fourth-order valence-corrected chi connectivity index (χ4v) is 2.89. The second-order valence-electron chi connectivity index (χ2n) is 5.33. The van der Waals surface area contributed by atoms with Gasteiger partial charge in [0.2, 0.25) is 0 Å². The van der Waals surface area contributed by atoms with E-state index in [1.807, 2.05) is 28.8 Å². The first-order chi connectivity index (χ1) is 9.25. The van der Waals surface area contributed by atoms with Gasteiger partial charge in [0.25, 0.3) is 5.56 Å². The third kappa shape index (κ3) is 2.40. The second-order valence-corrected chi connectivity index (χ2v) is 5.33. The van der Waals surface area contributed by atoms with Crippen LogP contribution in [0.1, 0.15) is 19.3 Å². The van der Waals surface area contributed by atoms with Crippen LogP contribution < -0.4 is 5.56 Å². The SMILES string of the molecule is CN1CCCC[C@H]1Cn1c(=O)cnc2ccccc21. The van der Waals surface area contributed by atoms with Gasteiger partial charge in [0, 0.05) is 12.6 Å². The first-order valence-corrected chi connectivity index (χ1v) is 6.90. The van der Waals surface area contributed by atoms with Crippen LogP contribution in [0.15, 0.2) is 35.3 Å². The molecule has 2 aromatic rings. The van der Waals surface area contributed by atoms with Crippen LogP contribution in [0, 0.1) is 0 Å². The van der Waals surface area contributed by atoms with Crippen LogP contribution >= 0.6 is 0 Å². The van der Waals surface area contributed by atoms with Crippen LogP contribution in [-0.2, 0) is 6.54 Å². The lowest BCUT2D eigenvalue weighted by atomic mass is 10.0. The Kier molecular flexibility index (Phi) is 3.34. The number of likely N-dealkylation sites (N-methyl/N-ethyl adjacent to an activating group) is 1. The lowest BCUT2D eigenvalue weighted by Gasteiger charge is -2.33. The summed E-state index contributed by atoms with van der Waals surface area (Å²) in [5.41, 5.74) is 1.83. The van der Waals surface area contributed by atoms with Crippen molar-refractivity contribution in [2.75, 3.05) is 13.6 Å². The van der Waals surface area contributed by atoms with Crippen molar-refractivity contribution in [2.24, 2.45) is 0 Å². The zero-order valence-electron chi connectivity index (χ0n) is 11.2. The normalized spacial score (nSPS) is 20.8. The van der Waals surface area contributed by atoms with Gasteiger partial charge in [-0.05, 0) is 38.6 Å². The zero-order chi connectivity index (χ0) is 13.2. The number of hydrogen-bond acceptors (Lipinski definition) is 3. The fraction of sp³-hybridized carbons (Fsp3) is 0.467. The average Bonchev–Trinajstić information content (AvgIpc) is 2.44. The number of rotatable bonds is 2. The minimum absolute atomic E-state index is 0.00215. The highest BCUT2D eigenvalue weighted by Crippen LogP contribution is 2.17. The molecule has 1 aromatic carbocycles. The number of hydrogen-bond donors (Lipinski definition) is 0. The molecular weight excluding hydrogens is 238 g/mol. The summed E-state index contributed by atoms with van der Waals surface area (Å²) in [7, 11) is 2.15. The van der Waals surface area contributed by atoms with Crippen molar-refractivity contribution >= 4 is 11.0 Å². The number of nitrogens with zero attached hydrogens (tertiary/aromatic N) is 3. The van der Waals surface area contributed by atoms with Gasteiger partial charge < -0.3 is 9.47 Å². The first kappa shape index (κ1) is 12.4. The van der Waals surface area contributed by atoms with E-state index in [-0.39, 0.29) is 5.56 Å². The molecular formula is C15H19N3O. The maximum absolute atomic E-state index is 12.1. The Hall–Kier alpha value is -1.68. The Morgan fingerprint density at radius 3 is 3.00 bits per heavy atom. The predicted molar refractivity (Wildman–Crippen MR) is 76.3 cm³/mol. The van der Waals surface area contributed by atoms with Crippen molar-refractivity contribution in [3.05, 3.63) is 40.8 Å². The van der Waals surface area contributed by atoms with E-state index >= 15 is 0 Å². The summed E-state index contributed by atoms with van der Waals surface area (Å²) in [6.45, 7) is 1.89.